The second-order valence-corrected chi connectivity index (χ2v) is 11.8. The highest BCUT2D eigenvalue weighted by atomic mass is 16.6. The fourth-order valence-electron chi connectivity index (χ4n) is 4.08. The summed E-state index contributed by atoms with van der Waals surface area (Å²) in [5, 5.41) is 24.8. The highest BCUT2D eigenvalue weighted by Gasteiger charge is 2.28. The Hall–Kier alpha value is -2.08. The van der Waals surface area contributed by atoms with Crippen LogP contribution >= 0.6 is 0 Å². The number of carbonyl (C=O) groups is 3. The first-order valence-corrected chi connectivity index (χ1v) is 15.8. The van der Waals surface area contributed by atoms with E-state index in [4.69, 9.17) is 29.8 Å². The van der Waals surface area contributed by atoms with Gasteiger partial charge in [0.15, 0.2) is 11.9 Å². The molecule has 0 spiro atoms. The van der Waals surface area contributed by atoms with E-state index in [1.807, 2.05) is 34.7 Å². The standard InChI is InChI=1S/C18H31NO5.C7H17NO2.C7H15NO/c1-13-10-8-12-23-17(21)14(2)9-6-5-7-11-15(16(13)20)24-18(22)19(3)4;1-7(6-9)8(2)4-5-10-3;1-3-4-7(8)5-6(2)9/h13-15H,5-12H2,1-4H3;7,9H,4-6H2,1-3H3;6,8-9H,3-5H2,1-2H3/t13-,14-,15+;7-;/m11./s1. The maximum atomic E-state index is 12.6. The van der Waals surface area contributed by atoms with Gasteiger partial charge in [-0.15, -0.1) is 0 Å². The van der Waals surface area contributed by atoms with Gasteiger partial charge in [-0.1, -0.05) is 40.0 Å². The summed E-state index contributed by atoms with van der Waals surface area (Å²) in [6, 6.07) is 0.232. The van der Waals surface area contributed by atoms with E-state index in [2.05, 4.69) is 4.90 Å². The largest absolute Gasteiger partial charge is 0.465 e. The maximum absolute atomic E-state index is 12.6. The molecule has 43 heavy (non-hydrogen) atoms. The van der Waals surface area contributed by atoms with Crippen LogP contribution in [0.5, 0.6) is 0 Å². The first kappa shape index (κ1) is 43.0. The lowest BCUT2D eigenvalue weighted by atomic mass is 9.93. The lowest BCUT2D eigenvalue weighted by molar-refractivity contribution is -0.148. The number of hydrogen-bond donors (Lipinski definition) is 3. The number of aliphatic hydroxyl groups is 2. The fourth-order valence-corrected chi connectivity index (χ4v) is 4.08. The number of cyclic esters (lactones) is 1. The third-order valence-electron chi connectivity index (χ3n) is 7.20. The van der Waals surface area contributed by atoms with Crippen molar-refractivity contribution in [3.8, 4) is 0 Å². The quantitative estimate of drug-likeness (QED) is 0.234. The van der Waals surface area contributed by atoms with Crippen molar-refractivity contribution in [2.75, 3.05) is 54.6 Å². The normalized spacial score (nSPS) is 21.5. The molecule has 254 valence electrons. The van der Waals surface area contributed by atoms with Gasteiger partial charge in [0.1, 0.15) is 0 Å². The average molecular weight is 618 g/mol. The lowest BCUT2D eigenvalue weighted by Gasteiger charge is -2.23. The van der Waals surface area contributed by atoms with Gasteiger partial charge < -0.3 is 34.7 Å². The number of hydrogen-bond acceptors (Lipinski definition) is 10. The van der Waals surface area contributed by atoms with Crippen molar-refractivity contribution in [2.24, 2.45) is 11.8 Å². The molecule has 1 amide bonds. The molecule has 0 saturated carbocycles. The number of aliphatic hydroxyl groups excluding tert-OH is 2. The van der Waals surface area contributed by atoms with Gasteiger partial charge in [-0.3, -0.25) is 14.5 Å². The summed E-state index contributed by atoms with van der Waals surface area (Å²) in [5.74, 6) is -0.496. The molecule has 1 aliphatic heterocycles. The first-order valence-electron chi connectivity index (χ1n) is 15.8. The number of amides is 1. The Balaban J connectivity index is 0. The van der Waals surface area contributed by atoms with Crippen LogP contribution < -0.4 is 0 Å². The van der Waals surface area contributed by atoms with E-state index in [0.717, 1.165) is 51.7 Å². The molecule has 1 saturated heterocycles. The zero-order valence-corrected chi connectivity index (χ0v) is 28.5. The molecule has 11 heteroatoms. The lowest BCUT2D eigenvalue weighted by Crippen LogP contribution is -2.35. The number of nitrogens with zero attached hydrogens (tertiary/aromatic N) is 2. The molecule has 0 aromatic carbocycles. The summed E-state index contributed by atoms with van der Waals surface area (Å²) in [7, 11) is 6.86. The topological polar surface area (TPSA) is 150 Å². The second-order valence-electron chi connectivity index (χ2n) is 11.8. The summed E-state index contributed by atoms with van der Waals surface area (Å²) < 4.78 is 15.5. The van der Waals surface area contributed by atoms with Crippen molar-refractivity contribution in [2.45, 2.75) is 117 Å². The van der Waals surface area contributed by atoms with E-state index < -0.39 is 12.2 Å². The molecule has 0 aromatic rings. The van der Waals surface area contributed by atoms with Crippen LogP contribution in [0.2, 0.25) is 0 Å². The van der Waals surface area contributed by atoms with Crippen LogP contribution in [-0.2, 0) is 23.8 Å². The Kier molecular flexibility index (Phi) is 26.4. The number of nitrogens with one attached hydrogen (secondary N) is 1. The summed E-state index contributed by atoms with van der Waals surface area (Å²) >= 11 is 0. The van der Waals surface area contributed by atoms with E-state index in [0.29, 0.717) is 38.0 Å². The minimum atomic E-state index is -0.683. The van der Waals surface area contributed by atoms with Gasteiger partial charge in [0.2, 0.25) is 0 Å². The Morgan fingerprint density at radius 3 is 2.19 bits per heavy atom. The molecule has 3 N–H and O–H groups in total. The van der Waals surface area contributed by atoms with Crippen molar-refractivity contribution >= 4 is 23.6 Å². The molecule has 0 aromatic heterocycles. The number of esters is 1. The van der Waals surface area contributed by atoms with Gasteiger partial charge in [0.25, 0.3) is 0 Å². The van der Waals surface area contributed by atoms with Crippen molar-refractivity contribution in [3.05, 3.63) is 0 Å². The van der Waals surface area contributed by atoms with Crippen LogP contribution in [0, 0.1) is 17.2 Å². The molecule has 1 aliphatic rings. The van der Waals surface area contributed by atoms with Gasteiger partial charge in [0, 0.05) is 51.8 Å². The molecule has 1 unspecified atom stereocenters. The Morgan fingerprint density at radius 2 is 1.65 bits per heavy atom. The Labute approximate surface area is 261 Å². The van der Waals surface area contributed by atoms with Gasteiger partial charge in [-0.05, 0) is 59.4 Å². The van der Waals surface area contributed by atoms with Gasteiger partial charge in [-0.2, -0.15) is 0 Å². The predicted molar refractivity (Wildman–Crippen MR) is 171 cm³/mol. The molecular formula is C32H63N3O8. The number of methoxy groups -OCH3 is 1. The Morgan fingerprint density at radius 1 is 1.05 bits per heavy atom. The van der Waals surface area contributed by atoms with Crippen LogP contribution in [0.3, 0.4) is 0 Å². The fraction of sp³-hybridized carbons (Fsp3) is 0.875. The maximum Gasteiger partial charge on any atom is 0.409 e. The smallest absolute Gasteiger partial charge is 0.409 e. The SMILES string of the molecule is CCCC(=N)CC(C)O.COCCN(C)[C@H](C)CO.C[C@@H]1CCCCC[C@H](OC(=O)N(C)C)C(=O)[C@H](C)CCCOC1=O. The monoisotopic (exact) mass is 617 g/mol. The zero-order chi connectivity index (χ0) is 33.4. The summed E-state index contributed by atoms with van der Waals surface area (Å²) in [6.45, 7) is 11.6. The van der Waals surface area contributed by atoms with Gasteiger partial charge in [0.05, 0.1) is 31.8 Å². The second kappa shape index (κ2) is 26.3. The number of Topliss-reactive ketones (excluding diaryl/α,β-unsaturated/α-hetero) is 1. The summed E-state index contributed by atoms with van der Waals surface area (Å²) in [4.78, 5) is 39.6. The minimum Gasteiger partial charge on any atom is -0.465 e. The molecule has 0 radical (unpaired) electrons. The highest BCUT2D eigenvalue weighted by molar-refractivity contribution is 5.87. The molecular weight excluding hydrogens is 554 g/mol. The summed E-state index contributed by atoms with van der Waals surface area (Å²) in [6.07, 6.45) is 6.04. The number of rotatable bonds is 10. The van der Waals surface area contributed by atoms with Crippen molar-refractivity contribution < 1.29 is 38.8 Å². The third kappa shape index (κ3) is 23.0. The van der Waals surface area contributed by atoms with Crippen LogP contribution in [0.1, 0.15) is 98.8 Å². The van der Waals surface area contributed by atoms with Crippen LogP contribution in [0.4, 0.5) is 4.79 Å². The molecule has 0 aliphatic carbocycles. The summed E-state index contributed by atoms with van der Waals surface area (Å²) in [5.41, 5.74) is 0.660. The molecule has 1 rings (SSSR count). The zero-order valence-electron chi connectivity index (χ0n) is 28.5. The van der Waals surface area contributed by atoms with Crippen LogP contribution in [-0.4, -0.2) is 116 Å². The molecule has 1 fully saturated rings. The van der Waals surface area contributed by atoms with Gasteiger partial charge >= 0.3 is 12.1 Å². The van der Waals surface area contributed by atoms with E-state index in [1.54, 1.807) is 28.1 Å². The van der Waals surface area contributed by atoms with E-state index in [1.165, 1.54) is 4.90 Å². The van der Waals surface area contributed by atoms with Crippen molar-refractivity contribution in [3.63, 3.8) is 0 Å². The minimum absolute atomic E-state index is 0.0399. The molecule has 5 atom stereocenters. The van der Waals surface area contributed by atoms with E-state index in [-0.39, 0.29) is 42.3 Å². The van der Waals surface area contributed by atoms with E-state index in [9.17, 15) is 14.4 Å². The van der Waals surface area contributed by atoms with Crippen LogP contribution in [0.15, 0.2) is 0 Å². The van der Waals surface area contributed by atoms with Crippen molar-refractivity contribution in [1.29, 1.82) is 5.41 Å². The highest BCUT2D eigenvalue weighted by Crippen LogP contribution is 2.20. The number of likely N-dealkylation sites (N-methyl/N-ethyl adjacent to an activating group) is 1. The average Bonchev–Trinajstić information content (AvgIpc) is 2.95. The Bertz CT molecular complexity index is 763. The van der Waals surface area contributed by atoms with Crippen molar-refractivity contribution in [1.82, 2.24) is 9.80 Å². The predicted octanol–water partition coefficient (Wildman–Crippen LogP) is 4.70. The molecule has 1 heterocycles. The molecule has 11 nitrogen and oxygen atoms in total. The van der Waals surface area contributed by atoms with E-state index >= 15 is 0 Å². The van der Waals surface area contributed by atoms with Crippen LogP contribution in [0.25, 0.3) is 0 Å². The third-order valence-corrected chi connectivity index (χ3v) is 7.20. The first-order chi connectivity index (χ1) is 20.2. The molecule has 0 bridgehead atoms. The number of ether oxygens (including phenoxy) is 3. The van der Waals surface area contributed by atoms with Gasteiger partial charge in [-0.25, -0.2) is 4.79 Å². The number of carbonyl (C=O) groups excluding carboxylic acids is 3. The number of ketones is 1.